The van der Waals surface area contributed by atoms with Gasteiger partial charge in [-0.1, -0.05) is 6.42 Å². The minimum atomic E-state index is -0.470. The summed E-state index contributed by atoms with van der Waals surface area (Å²) in [5.41, 5.74) is 1.43. The van der Waals surface area contributed by atoms with Gasteiger partial charge in [0.1, 0.15) is 12.4 Å². The average Bonchev–Trinajstić information content (AvgIpc) is 3.04. The van der Waals surface area contributed by atoms with Crippen LogP contribution in [0, 0.1) is 0 Å². The molecule has 8 heteroatoms. The van der Waals surface area contributed by atoms with Crippen LogP contribution < -0.4 is 10.1 Å². The molecular formula is C21H25N5O3. The number of aryl methyl sites for hydroxylation is 1. The van der Waals surface area contributed by atoms with Crippen LogP contribution in [0.4, 0.5) is 5.69 Å². The molecule has 1 fully saturated rings. The molecule has 1 aromatic carbocycles. The number of amides is 1. The van der Waals surface area contributed by atoms with E-state index in [0.29, 0.717) is 18.2 Å². The highest BCUT2D eigenvalue weighted by molar-refractivity contribution is 6.05. The number of carbonyl (C=O) groups is 1. The van der Waals surface area contributed by atoms with E-state index < -0.39 is 5.91 Å². The van der Waals surface area contributed by atoms with Gasteiger partial charge in [-0.3, -0.25) is 14.4 Å². The van der Waals surface area contributed by atoms with Gasteiger partial charge in [0.05, 0.1) is 10.9 Å². The molecule has 3 aromatic rings. The first kappa shape index (κ1) is 19.2. The van der Waals surface area contributed by atoms with Gasteiger partial charge in [0, 0.05) is 25.5 Å². The number of piperidine rings is 1. The molecule has 152 valence electrons. The maximum atomic E-state index is 12.4. The first-order valence-corrected chi connectivity index (χ1v) is 9.89. The van der Waals surface area contributed by atoms with Crippen LogP contribution >= 0.6 is 0 Å². The summed E-state index contributed by atoms with van der Waals surface area (Å²) in [4.78, 5) is 18.7. The monoisotopic (exact) mass is 395 g/mol. The predicted molar refractivity (Wildman–Crippen MR) is 110 cm³/mol. The fraction of sp³-hybridized carbons (Fsp3) is 0.381. The number of benzene rings is 1. The first-order valence-electron chi connectivity index (χ1n) is 9.89. The van der Waals surface area contributed by atoms with Crippen molar-refractivity contribution < 1.29 is 14.6 Å². The summed E-state index contributed by atoms with van der Waals surface area (Å²) in [7, 11) is 1.84. The quantitative estimate of drug-likeness (QED) is 0.667. The van der Waals surface area contributed by atoms with Crippen molar-refractivity contribution in [2.24, 2.45) is 7.05 Å². The molecule has 1 saturated heterocycles. The van der Waals surface area contributed by atoms with E-state index in [1.54, 1.807) is 16.8 Å². The van der Waals surface area contributed by atoms with Crippen LogP contribution in [0.25, 0.3) is 10.9 Å². The predicted octanol–water partition coefficient (Wildman–Crippen LogP) is 2.79. The first-order chi connectivity index (χ1) is 14.1. The van der Waals surface area contributed by atoms with Gasteiger partial charge in [-0.2, -0.15) is 0 Å². The van der Waals surface area contributed by atoms with Gasteiger partial charge in [0.15, 0.2) is 5.69 Å². The second-order valence-electron chi connectivity index (χ2n) is 7.24. The number of hydrogen-bond acceptors (Lipinski definition) is 6. The van der Waals surface area contributed by atoms with Crippen LogP contribution in [0.1, 0.15) is 29.8 Å². The molecule has 29 heavy (non-hydrogen) atoms. The lowest BCUT2D eigenvalue weighted by Crippen LogP contribution is -2.33. The molecule has 0 atom stereocenters. The molecule has 2 aromatic heterocycles. The molecule has 0 unspecified atom stereocenters. The molecule has 2 N–H and O–H groups in total. The SMILES string of the molecule is Cn1nc(OCCN2CCCCC2)c2ccc(NC(=O)c3ncccc3O)cc21. The molecule has 0 bridgehead atoms. The number of aromatic nitrogens is 3. The van der Waals surface area contributed by atoms with E-state index >= 15 is 0 Å². The molecule has 0 radical (unpaired) electrons. The lowest BCUT2D eigenvalue weighted by Gasteiger charge is -2.25. The number of nitrogens with zero attached hydrogens (tertiary/aromatic N) is 4. The summed E-state index contributed by atoms with van der Waals surface area (Å²) in [5, 5.41) is 17.9. The van der Waals surface area contributed by atoms with Crippen molar-refractivity contribution in [2.75, 3.05) is 31.6 Å². The number of anilines is 1. The van der Waals surface area contributed by atoms with Crippen molar-refractivity contribution in [3.8, 4) is 11.6 Å². The van der Waals surface area contributed by atoms with Gasteiger partial charge in [0.25, 0.3) is 5.91 Å². The van der Waals surface area contributed by atoms with Crippen molar-refractivity contribution in [2.45, 2.75) is 19.3 Å². The Hall–Kier alpha value is -3.13. The van der Waals surface area contributed by atoms with Gasteiger partial charge in [0.2, 0.25) is 5.88 Å². The Morgan fingerprint density at radius 2 is 2.07 bits per heavy atom. The maximum absolute atomic E-state index is 12.4. The maximum Gasteiger partial charge on any atom is 0.278 e. The molecule has 0 aliphatic carbocycles. The van der Waals surface area contributed by atoms with Crippen molar-refractivity contribution in [3.05, 3.63) is 42.2 Å². The van der Waals surface area contributed by atoms with Crippen molar-refractivity contribution in [1.82, 2.24) is 19.7 Å². The summed E-state index contributed by atoms with van der Waals surface area (Å²) in [6, 6.07) is 8.50. The third kappa shape index (κ3) is 4.32. The zero-order valence-corrected chi connectivity index (χ0v) is 16.5. The van der Waals surface area contributed by atoms with E-state index in [1.165, 1.54) is 31.5 Å². The fourth-order valence-electron chi connectivity index (χ4n) is 3.63. The van der Waals surface area contributed by atoms with Crippen LogP contribution in [0.5, 0.6) is 11.6 Å². The Kier molecular flexibility index (Phi) is 5.62. The second-order valence-corrected chi connectivity index (χ2v) is 7.24. The summed E-state index contributed by atoms with van der Waals surface area (Å²) in [5.74, 6) is -0.0293. The van der Waals surface area contributed by atoms with E-state index in [0.717, 1.165) is 30.5 Å². The normalized spacial score (nSPS) is 14.8. The van der Waals surface area contributed by atoms with Gasteiger partial charge in [-0.25, -0.2) is 4.98 Å². The Labute approximate surface area is 169 Å². The number of aromatic hydroxyl groups is 1. The number of hydrogen-bond donors (Lipinski definition) is 2. The topological polar surface area (TPSA) is 92.5 Å². The highest BCUT2D eigenvalue weighted by Gasteiger charge is 2.16. The van der Waals surface area contributed by atoms with Crippen molar-refractivity contribution in [3.63, 3.8) is 0 Å². The molecule has 1 aliphatic rings. The Balaban J connectivity index is 1.45. The number of ether oxygens (including phenoxy) is 1. The van der Waals surface area contributed by atoms with Crippen LogP contribution in [-0.2, 0) is 7.05 Å². The van der Waals surface area contributed by atoms with Crippen LogP contribution in [0.3, 0.4) is 0 Å². The largest absolute Gasteiger partial charge is 0.505 e. The molecule has 1 amide bonds. The molecular weight excluding hydrogens is 370 g/mol. The third-order valence-corrected chi connectivity index (χ3v) is 5.17. The second kappa shape index (κ2) is 8.48. The lowest BCUT2D eigenvalue weighted by molar-refractivity contribution is 0.101. The molecule has 3 heterocycles. The zero-order chi connectivity index (χ0) is 20.2. The summed E-state index contributed by atoms with van der Waals surface area (Å²) < 4.78 is 7.68. The number of rotatable bonds is 6. The summed E-state index contributed by atoms with van der Waals surface area (Å²) >= 11 is 0. The zero-order valence-electron chi connectivity index (χ0n) is 16.5. The summed E-state index contributed by atoms with van der Waals surface area (Å²) in [6.07, 6.45) is 5.31. The van der Waals surface area contributed by atoms with Gasteiger partial charge in [-0.05, 0) is 56.3 Å². The number of likely N-dealkylation sites (tertiary alicyclic amines) is 1. The van der Waals surface area contributed by atoms with E-state index in [1.807, 2.05) is 19.2 Å². The minimum Gasteiger partial charge on any atom is -0.505 e. The number of pyridine rings is 1. The van der Waals surface area contributed by atoms with Gasteiger partial charge >= 0.3 is 0 Å². The highest BCUT2D eigenvalue weighted by atomic mass is 16.5. The average molecular weight is 395 g/mol. The summed E-state index contributed by atoms with van der Waals surface area (Å²) in [6.45, 7) is 3.78. The standard InChI is InChI=1S/C21H25N5O3/c1-25-17-14-15(23-20(28)19-18(27)6-5-9-22-19)7-8-16(17)21(24-25)29-13-12-26-10-3-2-4-11-26/h5-9,14,27H,2-4,10-13H2,1H3,(H,23,28). The number of carbonyl (C=O) groups excluding carboxylic acids is 1. The van der Waals surface area contributed by atoms with Crippen LogP contribution in [-0.4, -0.2) is 56.9 Å². The fourth-order valence-corrected chi connectivity index (χ4v) is 3.63. The van der Waals surface area contributed by atoms with E-state index in [-0.39, 0.29) is 11.4 Å². The minimum absolute atomic E-state index is 0.0145. The number of fused-ring (bicyclic) bond motifs is 1. The van der Waals surface area contributed by atoms with Crippen LogP contribution in [0.15, 0.2) is 36.5 Å². The Morgan fingerprint density at radius 1 is 1.24 bits per heavy atom. The third-order valence-electron chi connectivity index (χ3n) is 5.17. The molecule has 0 saturated carbocycles. The molecule has 0 spiro atoms. The smallest absolute Gasteiger partial charge is 0.278 e. The molecule has 8 nitrogen and oxygen atoms in total. The van der Waals surface area contributed by atoms with Crippen LogP contribution in [0.2, 0.25) is 0 Å². The molecule has 4 rings (SSSR count). The Bertz CT molecular complexity index is 1010. The molecule has 1 aliphatic heterocycles. The van der Waals surface area contributed by atoms with Gasteiger partial charge in [-0.15, -0.1) is 5.10 Å². The van der Waals surface area contributed by atoms with E-state index in [9.17, 15) is 9.90 Å². The van der Waals surface area contributed by atoms with Gasteiger partial charge < -0.3 is 15.2 Å². The van der Waals surface area contributed by atoms with E-state index in [4.69, 9.17) is 4.74 Å². The highest BCUT2D eigenvalue weighted by Crippen LogP contribution is 2.27. The Morgan fingerprint density at radius 3 is 2.86 bits per heavy atom. The van der Waals surface area contributed by atoms with Crippen molar-refractivity contribution >= 4 is 22.5 Å². The van der Waals surface area contributed by atoms with Crippen molar-refractivity contribution in [1.29, 1.82) is 0 Å². The lowest BCUT2D eigenvalue weighted by atomic mass is 10.1. The van der Waals surface area contributed by atoms with E-state index in [2.05, 4.69) is 20.3 Å². The number of nitrogens with one attached hydrogen (secondary N) is 1.